The molecule has 0 aliphatic rings. The SMILES string of the molecule is CC(C)(C)OC(=O)N[C@H](Cl)[C@H](O)CCCc1ccccc1. The van der Waals surface area contributed by atoms with Crippen LogP contribution in [0.15, 0.2) is 30.3 Å². The van der Waals surface area contributed by atoms with Crippen LogP contribution in [0.2, 0.25) is 0 Å². The quantitative estimate of drug-likeness (QED) is 0.624. The first-order valence-corrected chi connectivity index (χ1v) is 7.57. The summed E-state index contributed by atoms with van der Waals surface area (Å²) in [5, 5.41) is 12.4. The van der Waals surface area contributed by atoms with Crippen LogP contribution >= 0.6 is 11.6 Å². The van der Waals surface area contributed by atoms with Gasteiger partial charge in [-0.3, -0.25) is 0 Å². The maximum absolute atomic E-state index is 11.5. The van der Waals surface area contributed by atoms with Gasteiger partial charge in [0.25, 0.3) is 0 Å². The maximum atomic E-state index is 11.5. The summed E-state index contributed by atoms with van der Waals surface area (Å²) in [4.78, 5) is 11.5. The Balaban J connectivity index is 2.28. The van der Waals surface area contributed by atoms with Crippen molar-refractivity contribution in [2.45, 2.75) is 57.2 Å². The molecule has 0 spiro atoms. The number of hydrogen-bond acceptors (Lipinski definition) is 3. The van der Waals surface area contributed by atoms with E-state index in [1.54, 1.807) is 20.8 Å². The number of halogens is 1. The van der Waals surface area contributed by atoms with Crippen LogP contribution in [-0.2, 0) is 11.2 Å². The van der Waals surface area contributed by atoms with Gasteiger partial charge in [0.1, 0.15) is 11.1 Å². The number of carbonyl (C=O) groups excluding carboxylic acids is 1. The Morgan fingerprint density at radius 3 is 2.52 bits per heavy atom. The molecule has 21 heavy (non-hydrogen) atoms. The molecule has 0 aromatic heterocycles. The van der Waals surface area contributed by atoms with Gasteiger partial charge in [0.05, 0.1) is 6.10 Å². The van der Waals surface area contributed by atoms with Crippen molar-refractivity contribution >= 4 is 17.7 Å². The van der Waals surface area contributed by atoms with Gasteiger partial charge in [-0.05, 0) is 45.6 Å². The van der Waals surface area contributed by atoms with E-state index in [2.05, 4.69) is 5.32 Å². The average molecular weight is 314 g/mol. The number of carbonyl (C=O) groups is 1. The second-order valence-corrected chi connectivity index (χ2v) is 6.46. The van der Waals surface area contributed by atoms with Gasteiger partial charge >= 0.3 is 6.09 Å². The molecular weight excluding hydrogens is 290 g/mol. The van der Waals surface area contributed by atoms with Crippen LogP contribution in [0.5, 0.6) is 0 Å². The molecule has 0 aliphatic carbocycles. The van der Waals surface area contributed by atoms with Crippen LogP contribution in [0.4, 0.5) is 4.79 Å². The van der Waals surface area contributed by atoms with Crippen molar-refractivity contribution in [2.24, 2.45) is 0 Å². The van der Waals surface area contributed by atoms with Crippen LogP contribution in [0, 0.1) is 0 Å². The first kappa shape index (κ1) is 17.8. The van der Waals surface area contributed by atoms with Crippen LogP contribution in [0.3, 0.4) is 0 Å². The first-order chi connectivity index (χ1) is 9.78. The van der Waals surface area contributed by atoms with Gasteiger partial charge in [0.15, 0.2) is 0 Å². The van der Waals surface area contributed by atoms with Crippen molar-refractivity contribution in [3.8, 4) is 0 Å². The molecule has 0 saturated heterocycles. The molecule has 4 nitrogen and oxygen atoms in total. The summed E-state index contributed by atoms with van der Waals surface area (Å²) in [6, 6.07) is 10.0. The highest BCUT2D eigenvalue weighted by atomic mass is 35.5. The third-order valence-electron chi connectivity index (χ3n) is 2.80. The van der Waals surface area contributed by atoms with E-state index in [1.807, 2.05) is 30.3 Å². The molecule has 1 aromatic carbocycles. The summed E-state index contributed by atoms with van der Waals surface area (Å²) in [5.74, 6) is 0. The molecule has 0 unspecified atom stereocenters. The van der Waals surface area contributed by atoms with Crippen molar-refractivity contribution in [1.82, 2.24) is 5.32 Å². The van der Waals surface area contributed by atoms with Gasteiger partial charge < -0.3 is 15.2 Å². The summed E-state index contributed by atoms with van der Waals surface area (Å²) in [7, 11) is 0. The molecule has 2 N–H and O–H groups in total. The van der Waals surface area contributed by atoms with Gasteiger partial charge in [-0.2, -0.15) is 0 Å². The van der Waals surface area contributed by atoms with Gasteiger partial charge in [-0.15, -0.1) is 0 Å². The molecule has 0 saturated carbocycles. The number of amides is 1. The summed E-state index contributed by atoms with van der Waals surface area (Å²) in [6.07, 6.45) is 0.754. The number of aliphatic hydroxyl groups excluding tert-OH is 1. The number of alkyl halides is 1. The molecular formula is C16H24ClNO3. The molecule has 0 bridgehead atoms. The topological polar surface area (TPSA) is 58.6 Å². The van der Waals surface area contributed by atoms with Crippen molar-refractivity contribution in [1.29, 1.82) is 0 Å². The minimum atomic E-state index is -0.851. The largest absolute Gasteiger partial charge is 0.444 e. The van der Waals surface area contributed by atoms with E-state index >= 15 is 0 Å². The van der Waals surface area contributed by atoms with Gasteiger partial charge in [0, 0.05) is 0 Å². The van der Waals surface area contributed by atoms with E-state index in [0.717, 1.165) is 12.8 Å². The van der Waals surface area contributed by atoms with E-state index in [0.29, 0.717) is 6.42 Å². The second-order valence-electron chi connectivity index (χ2n) is 5.99. The molecule has 0 radical (unpaired) electrons. The normalized spacial score (nSPS) is 14.3. The van der Waals surface area contributed by atoms with E-state index in [9.17, 15) is 9.90 Å². The Kier molecular flexibility index (Phi) is 6.99. The van der Waals surface area contributed by atoms with Crippen LogP contribution < -0.4 is 5.32 Å². The number of aryl methyl sites for hydroxylation is 1. The monoisotopic (exact) mass is 313 g/mol. The molecule has 2 atom stereocenters. The summed E-state index contributed by atoms with van der Waals surface area (Å²) in [6.45, 7) is 5.31. The molecule has 1 amide bonds. The van der Waals surface area contributed by atoms with Crippen molar-refractivity contribution in [3.63, 3.8) is 0 Å². The van der Waals surface area contributed by atoms with Crippen molar-refractivity contribution in [3.05, 3.63) is 35.9 Å². The van der Waals surface area contributed by atoms with Crippen LogP contribution in [-0.4, -0.2) is 28.4 Å². The average Bonchev–Trinajstić information content (AvgIpc) is 2.37. The number of alkyl carbamates (subject to hydrolysis) is 1. The number of ether oxygens (including phenoxy) is 1. The zero-order chi connectivity index (χ0) is 15.9. The Morgan fingerprint density at radius 2 is 1.95 bits per heavy atom. The molecule has 5 heteroatoms. The van der Waals surface area contributed by atoms with Crippen molar-refractivity contribution < 1.29 is 14.6 Å². The zero-order valence-corrected chi connectivity index (χ0v) is 13.6. The minimum absolute atomic E-state index is 0.513. The summed E-state index contributed by atoms with van der Waals surface area (Å²) >= 11 is 5.97. The lowest BCUT2D eigenvalue weighted by atomic mass is 10.1. The number of nitrogens with one attached hydrogen (secondary N) is 1. The lowest BCUT2D eigenvalue weighted by Crippen LogP contribution is -2.42. The predicted octanol–water partition coefficient (Wildman–Crippen LogP) is 3.46. The first-order valence-electron chi connectivity index (χ1n) is 7.13. The van der Waals surface area contributed by atoms with Crippen LogP contribution in [0.25, 0.3) is 0 Å². The maximum Gasteiger partial charge on any atom is 0.408 e. The summed E-state index contributed by atoms with van der Waals surface area (Å²) in [5.41, 5.74) is -0.217. The van der Waals surface area contributed by atoms with Gasteiger partial charge in [-0.1, -0.05) is 41.9 Å². The number of hydrogen-bond donors (Lipinski definition) is 2. The van der Waals surface area contributed by atoms with Gasteiger partial charge in [0.2, 0.25) is 0 Å². The molecule has 0 aliphatic heterocycles. The fraction of sp³-hybridized carbons (Fsp3) is 0.562. The lowest BCUT2D eigenvalue weighted by molar-refractivity contribution is 0.0466. The van der Waals surface area contributed by atoms with Gasteiger partial charge in [-0.25, -0.2) is 4.79 Å². The minimum Gasteiger partial charge on any atom is -0.444 e. The van der Waals surface area contributed by atoms with E-state index < -0.39 is 23.3 Å². The third-order valence-corrected chi connectivity index (χ3v) is 3.20. The Labute approximate surface area is 131 Å². The molecule has 118 valence electrons. The fourth-order valence-corrected chi connectivity index (χ4v) is 2.04. The third kappa shape index (κ3) is 7.93. The number of rotatable bonds is 6. The Bertz CT molecular complexity index is 431. The standard InChI is InChI=1S/C16H24ClNO3/c1-16(2,3)21-15(20)18-14(17)13(19)11-7-10-12-8-5-4-6-9-12/h4-6,8-9,13-14,19H,7,10-11H2,1-3H3,(H,18,20)/t13-,14+/m1/s1. The molecule has 1 rings (SSSR count). The molecule has 0 fully saturated rings. The smallest absolute Gasteiger partial charge is 0.408 e. The predicted molar refractivity (Wildman–Crippen MR) is 84.4 cm³/mol. The second kappa shape index (κ2) is 8.25. The number of aliphatic hydroxyl groups is 1. The van der Waals surface area contributed by atoms with Crippen LogP contribution in [0.1, 0.15) is 39.2 Å². The van der Waals surface area contributed by atoms with Crippen molar-refractivity contribution in [2.75, 3.05) is 0 Å². The molecule has 1 aromatic rings. The zero-order valence-electron chi connectivity index (χ0n) is 12.8. The van der Waals surface area contributed by atoms with E-state index in [4.69, 9.17) is 16.3 Å². The lowest BCUT2D eigenvalue weighted by Gasteiger charge is -2.23. The Morgan fingerprint density at radius 1 is 1.33 bits per heavy atom. The fourth-order valence-electron chi connectivity index (χ4n) is 1.82. The van der Waals surface area contributed by atoms with E-state index in [1.165, 1.54) is 5.56 Å². The highest BCUT2D eigenvalue weighted by Gasteiger charge is 2.22. The Hall–Kier alpha value is -1.26. The highest BCUT2D eigenvalue weighted by molar-refractivity contribution is 6.21. The number of benzene rings is 1. The molecule has 0 heterocycles. The highest BCUT2D eigenvalue weighted by Crippen LogP contribution is 2.12. The van der Waals surface area contributed by atoms with E-state index in [-0.39, 0.29) is 0 Å². The summed E-state index contributed by atoms with van der Waals surface area (Å²) < 4.78 is 5.09.